The first kappa shape index (κ1) is 14.5. The van der Waals surface area contributed by atoms with Gasteiger partial charge in [-0.2, -0.15) is 0 Å². The van der Waals surface area contributed by atoms with Crippen LogP contribution >= 0.6 is 43.6 Å². The largest absolute Gasteiger partial charge is 0.283 e. The minimum Gasteiger partial charge on any atom is -0.258 e. The zero-order valence-electron chi connectivity index (χ0n) is 9.55. The second-order valence-corrected chi connectivity index (χ2v) is 6.41. The molecule has 0 spiro atoms. The maximum absolute atomic E-state index is 10.8. The van der Waals surface area contributed by atoms with E-state index in [0.29, 0.717) is 10.2 Å². The van der Waals surface area contributed by atoms with Crippen molar-refractivity contribution in [1.29, 1.82) is 0 Å². The Bertz CT molecular complexity index is 605. The van der Waals surface area contributed by atoms with Gasteiger partial charge in [-0.3, -0.25) is 10.1 Å². The Morgan fingerprint density at radius 2 is 2.05 bits per heavy atom. The molecule has 0 aliphatic rings. The van der Waals surface area contributed by atoms with Gasteiger partial charge in [-0.15, -0.1) is 11.8 Å². The molecule has 2 aromatic rings. The van der Waals surface area contributed by atoms with Gasteiger partial charge in [0, 0.05) is 22.5 Å². The molecule has 98 valence electrons. The third-order valence-electron chi connectivity index (χ3n) is 2.29. The van der Waals surface area contributed by atoms with Crippen molar-refractivity contribution >= 4 is 49.3 Å². The van der Waals surface area contributed by atoms with E-state index in [9.17, 15) is 10.1 Å². The fraction of sp³-hybridized carbons (Fsp3) is 0.0833. The normalized spacial score (nSPS) is 10.4. The van der Waals surface area contributed by atoms with Gasteiger partial charge >= 0.3 is 0 Å². The summed E-state index contributed by atoms with van der Waals surface area (Å²) < 4.78 is 1.42. The Morgan fingerprint density at radius 3 is 2.68 bits per heavy atom. The van der Waals surface area contributed by atoms with Crippen LogP contribution in [0.1, 0.15) is 5.56 Å². The molecule has 0 aliphatic carbocycles. The molecule has 0 fully saturated rings. The maximum atomic E-state index is 10.8. The van der Waals surface area contributed by atoms with E-state index in [-0.39, 0.29) is 5.69 Å². The van der Waals surface area contributed by atoms with Crippen LogP contribution in [0.3, 0.4) is 0 Å². The zero-order valence-corrected chi connectivity index (χ0v) is 13.5. The van der Waals surface area contributed by atoms with Crippen LogP contribution < -0.4 is 0 Å². The first-order valence-electron chi connectivity index (χ1n) is 5.23. The number of aromatic nitrogens is 1. The molecule has 4 nitrogen and oxygen atoms in total. The van der Waals surface area contributed by atoms with Gasteiger partial charge in [0.25, 0.3) is 5.69 Å². The summed E-state index contributed by atoms with van der Waals surface area (Å²) in [5, 5.41) is 11.7. The van der Waals surface area contributed by atoms with Gasteiger partial charge in [0.2, 0.25) is 0 Å². The minimum atomic E-state index is -0.393. The number of hydrogen-bond donors (Lipinski definition) is 0. The van der Waals surface area contributed by atoms with Crippen molar-refractivity contribution < 1.29 is 4.92 Å². The highest BCUT2D eigenvalue weighted by Crippen LogP contribution is 2.29. The van der Waals surface area contributed by atoms with Gasteiger partial charge in [-0.25, -0.2) is 4.98 Å². The van der Waals surface area contributed by atoms with E-state index < -0.39 is 4.92 Å². The minimum absolute atomic E-state index is 0.0851. The Labute approximate surface area is 131 Å². The third-order valence-corrected chi connectivity index (χ3v) is 4.45. The van der Waals surface area contributed by atoms with E-state index in [1.54, 1.807) is 18.3 Å². The molecule has 2 rings (SSSR count). The molecule has 1 heterocycles. The molecule has 19 heavy (non-hydrogen) atoms. The van der Waals surface area contributed by atoms with Crippen LogP contribution in [-0.4, -0.2) is 9.91 Å². The summed E-state index contributed by atoms with van der Waals surface area (Å²) in [6, 6.07) is 8.96. The number of thioether (sulfide) groups is 1. The third kappa shape index (κ3) is 4.02. The molecule has 1 aromatic heterocycles. The quantitative estimate of drug-likeness (QED) is 0.417. The van der Waals surface area contributed by atoms with Crippen LogP contribution in [0.5, 0.6) is 0 Å². The summed E-state index contributed by atoms with van der Waals surface area (Å²) in [4.78, 5) is 14.7. The Morgan fingerprint density at radius 1 is 1.26 bits per heavy atom. The van der Waals surface area contributed by atoms with Gasteiger partial charge in [-0.05, 0) is 55.6 Å². The lowest BCUT2D eigenvalue weighted by Gasteiger charge is -2.03. The number of halogens is 2. The summed E-state index contributed by atoms with van der Waals surface area (Å²) in [5.41, 5.74) is 0.978. The molecule has 0 N–H and O–H groups in total. The fourth-order valence-corrected chi connectivity index (χ4v) is 2.80. The van der Waals surface area contributed by atoms with Gasteiger partial charge in [0.05, 0.1) is 14.4 Å². The molecule has 0 saturated heterocycles. The van der Waals surface area contributed by atoms with E-state index in [4.69, 9.17) is 0 Å². The highest BCUT2D eigenvalue weighted by molar-refractivity contribution is 9.10. The molecule has 7 heteroatoms. The number of rotatable bonds is 4. The van der Waals surface area contributed by atoms with Gasteiger partial charge in [0.1, 0.15) is 0 Å². The van der Waals surface area contributed by atoms with Crippen LogP contribution in [0.25, 0.3) is 0 Å². The first-order chi connectivity index (χ1) is 9.06. The monoisotopic (exact) mass is 402 g/mol. The molecule has 0 radical (unpaired) electrons. The average Bonchev–Trinajstić information content (AvgIpc) is 2.39. The van der Waals surface area contributed by atoms with Crippen LogP contribution in [-0.2, 0) is 5.75 Å². The van der Waals surface area contributed by atoms with Crippen LogP contribution in [0.15, 0.2) is 50.5 Å². The number of nitro groups is 1. The molecular weight excluding hydrogens is 396 g/mol. The lowest BCUT2D eigenvalue weighted by Crippen LogP contribution is -1.91. The highest BCUT2D eigenvalue weighted by atomic mass is 79.9. The average molecular weight is 404 g/mol. The Kier molecular flexibility index (Phi) is 4.95. The summed E-state index contributed by atoms with van der Waals surface area (Å²) in [5.74, 6) is 0.642. The predicted molar refractivity (Wildman–Crippen MR) is 82.3 cm³/mol. The molecule has 0 amide bonds. The van der Waals surface area contributed by atoms with E-state index in [2.05, 4.69) is 36.8 Å². The van der Waals surface area contributed by atoms with Crippen LogP contribution in [0, 0.1) is 10.1 Å². The molecule has 0 unspecified atom stereocenters. The molecule has 0 atom stereocenters. The van der Waals surface area contributed by atoms with Gasteiger partial charge in [0.15, 0.2) is 0 Å². The van der Waals surface area contributed by atoms with Crippen molar-refractivity contribution in [2.75, 3.05) is 0 Å². The number of nitro benzene ring substituents is 1. The van der Waals surface area contributed by atoms with Crippen molar-refractivity contribution in [3.05, 3.63) is 61.2 Å². The van der Waals surface area contributed by atoms with Crippen molar-refractivity contribution in [3.8, 4) is 0 Å². The zero-order chi connectivity index (χ0) is 13.8. The Balaban J connectivity index is 2.09. The van der Waals surface area contributed by atoms with Crippen molar-refractivity contribution in [1.82, 2.24) is 4.98 Å². The maximum Gasteiger partial charge on any atom is 0.283 e. The molecular formula is C12H8Br2N2O2S. The Hall–Kier alpha value is -0.920. The number of nitrogens with zero attached hydrogens (tertiary/aromatic N) is 2. The summed E-state index contributed by atoms with van der Waals surface area (Å²) in [7, 11) is 0. The van der Waals surface area contributed by atoms with E-state index in [0.717, 1.165) is 15.1 Å². The van der Waals surface area contributed by atoms with E-state index in [1.807, 2.05) is 18.2 Å². The molecule has 0 aliphatic heterocycles. The number of benzene rings is 1. The second kappa shape index (κ2) is 6.49. The van der Waals surface area contributed by atoms with Gasteiger partial charge < -0.3 is 0 Å². The summed E-state index contributed by atoms with van der Waals surface area (Å²) in [6.45, 7) is 0. The summed E-state index contributed by atoms with van der Waals surface area (Å²) >= 11 is 8.03. The van der Waals surface area contributed by atoms with Gasteiger partial charge in [-0.1, -0.05) is 6.07 Å². The smallest absolute Gasteiger partial charge is 0.258 e. The molecule has 1 aromatic carbocycles. The standard InChI is InChI=1S/C12H8Br2N2O2S/c13-9-2-4-12(15-6-9)19-7-8-1-3-10(14)11(5-8)16(17)18/h1-6H,7H2. The number of hydrogen-bond acceptors (Lipinski definition) is 4. The lowest BCUT2D eigenvalue weighted by atomic mass is 10.2. The van der Waals surface area contributed by atoms with E-state index >= 15 is 0 Å². The number of pyridine rings is 1. The lowest BCUT2D eigenvalue weighted by molar-refractivity contribution is -0.385. The van der Waals surface area contributed by atoms with E-state index in [1.165, 1.54) is 11.8 Å². The topological polar surface area (TPSA) is 56.0 Å². The summed E-state index contributed by atoms with van der Waals surface area (Å²) in [6.07, 6.45) is 1.73. The second-order valence-electron chi connectivity index (χ2n) is 3.65. The molecule has 0 bridgehead atoms. The van der Waals surface area contributed by atoms with Crippen LogP contribution in [0.2, 0.25) is 0 Å². The highest BCUT2D eigenvalue weighted by Gasteiger charge is 2.12. The van der Waals surface area contributed by atoms with Crippen molar-refractivity contribution in [3.63, 3.8) is 0 Å². The van der Waals surface area contributed by atoms with Crippen LogP contribution in [0.4, 0.5) is 5.69 Å². The fourth-order valence-electron chi connectivity index (χ4n) is 1.39. The molecule has 0 saturated carbocycles. The van der Waals surface area contributed by atoms with Crippen molar-refractivity contribution in [2.45, 2.75) is 10.8 Å². The SMILES string of the molecule is O=[N+]([O-])c1cc(CSc2ccc(Br)cn2)ccc1Br. The van der Waals surface area contributed by atoms with Crippen molar-refractivity contribution in [2.24, 2.45) is 0 Å². The first-order valence-corrected chi connectivity index (χ1v) is 7.80. The predicted octanol–water partition coefficient (Wildman–Crippen LogP) is 4.81.